The van der Waals surface area contributed by atoms with Gasteiger partial charge in [-0.3, -0.25) is 4.90 Å². The second-order valence-corrected chi connectivity index (χ2v) is 2.82. The van der Waals surface area contributed by atoms with E-state index >= 15 is 0 Å². The molecule has 1 fully saturated rings. The number of alkyl halides is 1. The molecule has 1 atom stereocenters. The molecule has 0 aromatic rings. The first-order valence-corrected chi connectivity index (χ1v) is 4.32. The van der Waals surface area contributed by atoms with Crippen molar-refractivity contribution >= 4 is 22.6 Å². The number of rotatable bonds is 1. The van der Waals surface area contributed by atoms with Gasteiger partial charge in [0.2, 0.25) is 0 Å². The summed E-state index contributed by atoms with van der Waals surface area (Å²) in [5.74, 6) is 0. The van der Waals surface area contributed by atoms with E-state index in [9.17, 15) is 0 Å². The van der Waals surface area contributed by atoms with Crippen LogP contribution < -0.4 is 0 Å². The van der Waals surface area contributed by atoms with Crippen LogP contribution in [0.5, 0.6) is 0 Å². The van der Waals surface area contributed by atoms with Crippen molar-refractivity contribution in [3.8, 4) is 0 Å². The Hall–Kier alpha value is 0.650. The van der Waals surface area contributed by atoms with Gasteiger partial charge in [-0.1, -0.05) is 22.6 Å². The molecule has 0 radical (unpaired) electrons. The van der Waals surface area contributed by atoms with Crippen LogP contribution in [0.25, 0.3) is 0 Å². The summed E-state index contributed by atoms with van der Waals surface area (Å²) in [6.45, 7) is 1.95. The highest BCUT2D eigenvalue weighted by Gasteiger charge is 2.17. The van der Waals surface area contributed by atoms with Crippen LogP contribution in [-0.2, 0) is 0 Å². The van der Waals surface area contributed by atoms with Gasteiger partial charge in [0.1, 0.15) is 0 Å². The van der Waals surface area contributed by atoms with Gasteiger partial charge in [0.05, 0.1) is 10.7 Å². The molecule has 1 aliphatic heterocycles. The van der Waals surface area contributed by atoms with Crippen LogP contribution in [0.1, 0.15) is 6.42 Å². The Morgan fingerprint density at radius 2 is 2.50 bits per heavy atom. The van der Waals surface area contributed by atoms with Crippen LogP contribution in [0.4, 0.5) is 0 Å². The molecule has 1 aliphatic rings. The SMILES string of the molecule is OC1CCN(CI)C1. The molecule has 1 rings (SSSR count). The van der Waals surface area contributed by atoms with Crippen molar-refractivity contribution in [1.82, 2.24) is 4.90 Å². The molecule has 0 amide bonds. The molecule has 3 heteroatoms. The smallest absolute Gasteiger partial charge is 0.0679 e. The highest BCUT2D eigenvalue weighted by Crippen LogP contribution is 2.08. The third kappa shape index (κ3) is 1.56. The van der Waals surface area contributed by atoms with Gasteiger partial charge in [-0.2, -0.15) is 0 Å². The zero-order valence-corrected chi connectivity index (χ0v) is 6.84. The number of nitrogens with zero attached hydrogens (tertiary/aromatic N) is 1. The molecule has 48 valence electrons. The predicted octanol–water partition coefficient (Wildman–Crippen LogP) is 0.446. The Balaban J connectivity index is 2.22. The Morgan fingerprint density at radius 1 is 1.75 bits per heavy atom. The monoisotopic (exact) mass is 227 g/mol. The minimum absolute atomic E-state index is 0.0511. The fraction of sp³-hybridized carbons (Fsp3) is 1.00. The van der Waals surface area contributed by atoms with E-state index in [1.807, 2.05) is 0 Å². The van der Waals surface area contributed by atoms with Gasteiger partial charge in [-0.05, 0) is 6.42 Å². The van der Waals surface area contributed by atoms with Gasteiger partial charge < -0.3 is 5.11 Å². The first kappa shape index (κ1) is 6.77. The van der Waals surface area contributed by atoms with E-state index in [2.05, 4.69) is 27.5 Å². The number of β-amino-alcohol motifs (C(OH)–C–C–N with tert-alkyl or cyclic N) is 1. The number of hydrogen-bond acceptors (Lipinski definition) is 2. The molecular weight excluding hydrogens is 217 g/mol. The summed E-state index contributed by atoms with van der Waals surface area (Å²) in [5, 5.41) is 8.99. The maximum atomic E-state index is 8.99. The lowest BCUT2D eigenvalue weighted by atomic mass is 10.3. The topological polar surface area (TPSA) is 23.5 Å². The van der Waals surface area contributed by atoms with Crippen molar-refractivity contribution in [2.24, 2.45) is 0 Å². The maximum Gasteiger partial charge on any atom is 0.0679 e. The molecule has 0 saturated carbocycles. The lowest BCUT2D eigenvalue weighted by Gasteiger charge is -2.08. The fourth-order valence-electron chi connectivity index (χ4n) is 0.921. The van der Waals surface area contributed by atoms with Crippen molar-refractivity contribution in [3.05, 3.63) is 0 Å². The number of likely N-dealkylation sites (tertiary alicyclic amines) is 1. The van der Waals surface area contributed by atoms with E-state index in [4.69, 9.17) is 5.11 Å². The Kier molecular flexibility index (Phi) is 2.52. The molecule has 1 unspecified atom stereocenters. The van der Waals surface area contributed by atoms with E-state index < -0.39 is 0 Å². The van der Waals surface area contributed by atoms with Gasteiger partial charge >= 0.3 is 0 Å². The van der Waals surface area contributed by atoms with Crippen molar-refractivity contribution in [3.63, 3.8) is 0 Å². The van der Waals surface area contributed by atoms with Gasteiger partial charge in [-0.25, -0.2) is 0 Å². The fourth-order valence-corrected chi connectivity index (χ4v) is 1.54. The molecule has 2 nitrogen and oxygen atoms in total. The first-order chi connectivity index (χ1) is 3.83. The van der Waals surface area contributed by atoms with E-state index in [1.54, 1.807) is 0 Å². The molecule has 1 N–H and O–H groups in total. The second kappa shape index (κ2) is 2.98. The summed E-state index contributed by atoms with van der Waals surface area (Å²) in [6, 6.07) is 0. The number of aliphatic hydroxyl groups is 1. The molecule has 0 bridgehead atoms. The van der Waals surface area contributed by atoms with Crippen LogP contribution in [0.2, 0.25) is 0 Å². The average Bonchev–Trinajstić information content (AvgIpc) is 2.14. The summed E-state index contributed by atoms with van der Waals surface area (Å²) in [5.41, 5.74) is 0. The van der Waals surface area contributed by atoms with E-state index in [-0.39, 0.29) is 6.10 Å². The Labute approximate surface area is 63.0 Å². The van der Waals surface area contributed by atoms with Crippen LogP contribution in [0.15, 0.2) is 0 Å². The third-order valence-corrected chi connectivity index (χ3v) is 2.38. The first-order valence-electron chi connectivity index (χ1n) is 2.79. The summed E-state index contributed by atoms with van der Waals surface area (Å²) in [4.78, 5) is 2.24. The Bertz CT molecular complexity index is 78.8. The van der Waals surface area contributed by atoms with Crippen molar-refractivity contribution in [1.29, 1.82) is 0 Å². The largest absolute Gasteiger partial charge is 0.392 e. The van der Waals surface area contributed by atoms with Crippen LogP contribution in [-0.4, -0.2) is 33.8 Å². The summed E-state index contributed by atoms with van der Waals surface area (Å²) >= 11 is 2.31. The van der Waals surface area contributed by atoms with Crippen molar-refractivity contribution in [2.45, 2.75) is 12.5 Å². The lowest BCUT2D eigenvalue weighted by molar-refractivity contribution is 0.182. The molecule has 1 heterocycles. The zero-order chi connectivity index (χ0) is 5.98. The number of hydrogen-bond donors (Lipinski definition) is 1. The minimum atomic E-state index is -0.0511. The number of halogens is 1. The van der Waals surface area contributed by atoms with Crippen LogP contribution in [0, 0.1) is 0 Å². The van der Waals surface area contributed by atoms with Gasteiger partial charge in [0.15, 0.2) is 0 Å². The molecule has 0 spiro atoms. The van der Waals surface area contributed by atoms with E-state index in [0.717, 1.165) is 24.1 Å². The van der Waals surface area contributed by atoms with Gasteiger partial charge in [-0.15, -0.1) is 0 Å². The second-order valence-electron chi connectivity index (χ2n) is 2.14. The zero-order valence-electron chi connectivity index (χ0n) is 4.68. The predicted molar refractivity (Wildman–Crippen MR) is 41.1 cm³/mol. The number of aliphatic hydroxyl groups excluding tert-OH is 1. The van der Waals surface area contributed by atoms with Crippen LogP contribution >= 0.6 is 22.6 Å². The molecule has 8 heavy (non-hydrogen) atoms. The highest BCUT2D eigenvalue weighted by atomic mass is 127. The summed E-state index contributed by atoms with van der Waals surface area (Å²) < 4.78 is 1.05. The third-order valence-electron chi connectivity index (χ3n) is 1.42. The molecule has 0 aromatic carbocycles. The lowest BCUT2D eigenvalue weighted by Crippen LogP contribution is -2.19. The summed E-state index contributed by atoms with van der Waals surface area (Å²) in [7, 11) is 0. The molecule has 0 aromatic heterocycles. The van der Waals surface area contributed by atoms with Crippen LogP contribution in [0.3, 0.4) is 0 Å². The van der Waals surface area contributed by atoms with E-state index in [0.29, 0.717) is 0 Å². The van der Waals surface area contributed by atoms with Crippen molar-refractivity contribution < 1.29 is 5.11 Å². The molecular formula is C5H10INO. The quantitative estimate of drug-likeness (QED) is 0.399. The average molecular weight is 227 g/mol. The van der Waals surface area contributed by atoms with Gasteiger partial charge in [0.25, 0.3) is 0 Å². The van der Waals surface area contributed by atoms with Crippen molar-refractivity contribution in [2.75, 3.05) is 17.6 Å². The standard InChI is InChI=1S/C5H10INO/c6-4-7-2-1-5(8)3-7/h5,8H,1-4H2. The summed E-state index contributed by atoms with van der Waals surface area (Å²) in [6.07, 6.45) is 0.910. The minimum Gasteiger partial charge on any atom is -0.392 e. The van der Waals surface area contributed by atoms with E-state index in [1.165, 1.54) is 0 Å². The highest BCUT2D eigenvalue weighted by molar-refractivity contribution is 14.1. The maximum absolute atomic E-state index is 8.99. The normalized spacial score (nSPS) is 31.5. The molecule has 0 aliphatic carbocycles. The van der Waals surface area contributed by atoms with Gasteiger partial charge in [0, 0.05) is 13.1 Å². The molecule has 1 saturated heterocycles. The Morgan fingerprint density at radius 3 is 2.75 bits per heavy atom.